The fraction of sp³-hybridized carbons (Fsp3) is 0.200. The van der Waals surface area contributed by atoms with Crippen LogP contribution in [0.4, 0.5) is 4.79 Å². The van der Waals surface area contributed by atoms with E-state index in [1.54, 1.807) is 24.3 Å². The van der Waals surface area contributed by atoms with E-state index in [2.05, 4.69) is 26.2 Å². The van der Waals surface area contributed by atoms with Gasteiger partial charge in [0.05, 0.1) is 0 Å². The summed E-state index contributed by atoms with van der Waals surface area (Å²) in [6, 6.07) is 11.6. The zero-order valence-corrected chi connectivity index (χ0v) is 12.8. The van der Waals surface area contributed by atoms with Crippen molar-refractivity contribution in [2.45, 2.75) is 13.1 Å². The summed E-state index contributed by atoms with van der Waals surface area (Å²) in [5, 5.41) is 2.87. The van der Waals surface area contributed by atoms with Crippen molar-refractivity contribution < 1.29 is 4.79 Å². The van der Waals surface area contributed by atoms with Gasteiger partial charge in [0.25, 0.3) is 0 Å². The Balaban J connectivity index is 1.84. The van der Waals surface area contributed by atoms with Crippen LogP contribution in [0.1, 0.15) is 11.1 Å². The number of nitrogens with one attached hydrogen (secondary N) is 1. The normalized spacial score (nSPS) is 10.1. The molecule has 2 amide bonds. The van der Waals surface area contributed by atoms with Gasteiger partial charge in [0.2, 0.25) is 0 Å². The number of halogens is 1. The lowest BCUT2D eigenvalue weighted by Gasteiger charge is -2.18. The number of benzene rings is 1. The zero-order valence-electron chi connectivity index (χ0n) is 11.2. The molecule has 0 bridgehead atoms. The molecule has 1 heterocycles. The van der Waals surface area contributed by atoms with Crippen molar-refractivity contribution in [3.05, 3.63) is 64.4 Å². The molecule has 2 aromatic rings. The number of aromatic nitrogens is 1. The minimum Gasteiger partial charge on any atom is -0.334 e. The number of pyridine rings is 1. The van der Waals surface area contributed by atoms with Crippen LogP contribution in [0.5, 0.6) is 0 Å². The first-order chi connectivity index (χ1) is 9.65. The highest BCUT2D eigenvalue weighted by atomic mass is 79.9. The Hall–Kier alpha value is -1.88. The van der Waals surface area contributed by atoms with Crippen molar-refractivity contribution in [3.8, 4) is 0 Å². The number of rotatable bonds is 4. The van der Waals surface area contributed by atoms with Crippen LogP contribution in [0.2, 0.25) is 0 Å². The Bertz CT molecular complexity index is 557. The highest BCUT2D eigenvalue weighted by Crippen LogP contribution is 2.11. The molecule has 0 fully saturated rings. The van der Waals surface area contributed by atoms with Crippen LogP contribution < -0.4 is 5.32 Å². The third-order valence-corrected chi connectivity index (χ3v) is 3.37. The van der Waals surface area contributed by atoms with Gasteiger partial charge in [-0.2, -0.15) is 0 Å². The number of nitrogens with zero attached hydrogens (tertiary/aromatic N) is 2. The van der Waals surface area contributed by atoms with E-state index in [-0.39, 0.29) is 6.03 Å². The van der Waals surface area contributed by atoms with Gasteiger partial charge < -0.3 is 10.2 Å². The van der Waals surface area contributed by atoms with Crippen LogP contribution in [0, 0.1) is 0 Å². The van der Waals surface area contributed by atoms with E-state index in [0.717, 1.165) is 15.6 Å². The number of hydrogen-bond acceptors (Lipinski definition) is 2. The summed E-state index contributed by atoms with van der Waals surface area (Å²) in [5.41, 5.74) is 2.07. The topological polar surface area (TPSA) is 45.2 Å². The summed E-state index contributed by atoms with van der Waals surface area (Å²) in [7, 11) is 1.78. The minimum atomic E-state index is -0.100. The average Bonchev–Trinajstić information content (AvgIpc) is 2.48. The third kappa shape index (κ3) is 4.35. The number of amides is 2. The van der Waals surface area contributed by atoms with Crippen LogP contribution in [-0.2, 0) is 13.1 Å². The molecular formula is C15H16BrN3O. The number of carbonyl (C=O) groups excluding carboxylic acids is 1. The Kier molecular flexibility index (Phi) is 5.12. The fourth-order valence-electron chi connectivity index (χ4n) is 1.75. The molecular weight excluding hydrogens is 318 g/mol. The lowest BCUT2D eigenvalue weighted by molar-refractivity contribution is 0.206. The van der Waals surface area contributed by atoms with Crippen LogP contribution in [0.3, 0.4) is 0 Å². The van der Waals surface area contributed by atoms with E-state index in [1.165, 1.54) is 0 Å². The molecule has 4 nitrogen and oxygen atoms in total. The van der Waals surface area contributed by atoms with Crippen molar-refractivity contribution >= 4 is 22.0 Å². The fourth-order valence-corrected chi connectivity index (χ4v) is 2.02. The van der Waals surface area contributed by atoms with Crippen molar-refractivity contribution in [2.24, 2.45) is 0 Å². The summed E-state index contributed by atoms with van der Waals surface area (Å²) in [5.74, 6) is 0. The van der Waals surface area contributed by atoms with Gasteiger partial charge in [-0.3, -0.25) is 4.98 Å². The minimum absolute atomic E-state index is 0.100. The second-order valence-corrected chi connectivity index (χ2v) is 5.42. The molecule has 0 aliphatic heterocycles. The van der Waals surface area contributed by atoms with Gasteiger partial charge in [0, 0.05) is 37.0 Å². The van der Waals surface area contributed by atoms with E-state index in [4.69, 9.17) is 0 Å². The molecule has 104 valence electrons. The average molecular weight is 334 g/mol. The SMILES string of the molecule is CN(Cc1ccc(Br)cc1)C(=O)NCc1cccnc1. The molecule has 0 saturated carbocycles. The zero-order chi connectivity index (χ0) is 14.4. The number of urea groups is 1. The van der Waals surface area contributed by atoms with Crippen molar-refractivity contribution in [1.29, 1.82) is 0 Å². The molecule has 2 rings (SSSR count). The predicted octanol–water partition coefficient (Wildman–Crippen LogP) is 3.19. The Morgan fingerprint density at radius 3 is 2.65 bits per heavy atom. The highest BCUT2D eigenvalue weighted by molar-refractivity contribution is 9.10. The number of hydrogen-bond donors (Lipinski definition) is 1. The lowest BCUT2D eigenvalue weighted by Crippen LogP contribution is -2.36. The molecule has 1 aromatic carbocycles. The molecule has 0 saturated heterocycles. The Morgan fingerprint density at radius 1 is 1.25 bits per heavy atom. The van der Waals surface area contributed by atoms with Crippen LogP contribution in [0.15, 0.2) is 53.3 Å². The van der Waals surface area contributed by atoms with E-state index >= 15 is 0 Å². The molecule has 0 atom stereocenters. The second-order valence-electron chi connectivity index (χ2n) is 4.50. The predicted molar refractivity (Wildman–Crippen MR) is 82.1 cm³/mol. The molecule has 0 aliphatic rings. The Labute approximate surface area is 127 Å². The lowest BCUT2D eigenvalue weighted by atomic mass is 10.2. The van der Waals surface area contributed by atoms with Crippen molar-refractivity contribution in [2.75, 3.05) is 7.05 Å². The van der Waals surface area contributed by atoms with Gasteiger partial charge in [-0.05, 0) is 29.3 Å². The molecule has 5 heteroatoms. The van der Waals surface area contributed by atoms with E-state index in [1.807, 2.05) is 36.4 Å². The van der Waals surface area contributed by atoms with Crippen LogP contribution >= 0.6 is 15.9 Å². The number of carbonyl (C=O) groups is 1. The molecule has 0 unspecified atom stereocenters. The quantitative estimate of drug-likeness (QED) is 0.933. The van der Waals surface area contributed by atoms with Crippen LogP contribution in [0.25, 0.3) is 0 Å². The first-order valence-corrected chi connectivity index (χ1v) is 7.07. The van der Waals surface area contributed by atoms with Gasteiger partial charge in [-0.15, -0.1) is 0 Å². The van der Waals surface area contributed by atoms with Gasteiger partial charge in [0.15, 0.2) is 0 Å². The molecule has 1 N–H and O–H groups in total. The van der Waals surface area contributed by atoms with Crippen molar-refractivity contribution in [1.82, 2.24) is 15.2 Å². The van der Waals surface area contributed by atoms with Gasteiger partial charge >= 0.3 is 6.03 Å². The van der Waals surface area contributed by atoms with E-state index in [0.29, 0.717) is 13.1 Å². The maximum absolute atomic E-state index is 12.0. The molecule has 0 radical (unpaired) electrons. The monoisotopic (exact) mass is 333 g/mol. The molecule has 1 aromatic heterocycles. The summed E-state index contributed by atoms with van der Waals surface area (Å²) < 4.78 is 1.03. The summed E-state index contributed by atoms with van der Waals surface area (Å²) in [6.07, 6.45) is 3.46. The summed E-state index contributed by atoms with van der Waals surface area (Å²) >= 11 is 3.39. The van der Waals surface area contributed by atoms with E-state index in [9.17, 15) is 4.79 Å². The largest absolute Gasteiger partial charge is 0.334 e. The standard InChI is InChI=1S/C15H16BrN3O/c1-19(11-12-4-6-14(16)7-5-12)15(20)18-10-13-3-2-8-17-9-13/h2-9H,10-11H2,1H3,(H,18,20). The van der Waals surface area contributed by atoms with E-state index < -0.39 is 0 Å². The van der Waals surface area contributed by atoms with Gasteiger partial charge in [0.1, 0.15) is 0 Å². The molecule has 0 spiro atoms. The van der Waals surface area contributed by atoms with Crippen LogP contribution in [-0.4, -0.2) is 23.0 Å². The second kappa shape index (κ2) is 7.05. The maximum Gasteiger partial charge on any atom is 0.317 e. The molecule has 20 heavy (non-hydrogen) atoms. The Morgan fingerprint density at radius 2 is 2.00 bits per heavy atom. The smallest absolute Gasteiger partial charge is 0.317 e. The van der Waals surface area contributed by atoms with Gasteiger partial charge in [-0.25, -0.2) is 4.79 Å². The molecule has 0 aliphatic carbocycles. The highest BCUT2D eigenvalue weighted by Gasteiger charge is 2.08. The first kappa shape index (κ1) is 14.5. The maximum atomic E-state index is 12.0. The summed E-state index contributed by atoms with van der Waals surface area (Å²) in [4.78, 5) is 17.6. The summed E-state index contributed by atoms with van der Waals surface area (Å²) in [6.45, 7) is 1.06. The first-order valence-electron chi connectivity index (χ1n) is 6.27. The van der Waals surface area contributed by atoms with Gasteiger partial charge in [-0.1, -0.05) is 34.1 Å². The van der Waals surface area contributed by atoms with Crippen molar-refractivity contribution in [3.63, 3.8) is 0 Å². The third-order valence-electron chi connectivity index (χ3n) is 2.85.